The molecule has 0 spiro atoms. The molecule has 1 heterocycles. The molecule has 0 fully saturated rings. The predicted octanol–water partition coefficient (Wildman–Crippen LogP) is 2.26. The van der Waals surface area contributed by atoms with Crippen molar-refractivity contribution in [1.29, 1.82) is 0 Å². The quantitative estimate of drug-likeness (QED) is 0.828. The number of benzene rings is 1. The van der Waals surface area contributed by atoms with Gasteiger partial charge in [0.1, 0.15) is 18.2 Å². The van der Waals surface area contributed by atoms with Gasteiger partial charge in [0.25, 0.3) is 0 Å². The Kier molecular flexibility index (Phi) is 5.86. The zero-order valence-corrected chi connectivity index (χ0v) is 12.2. The predicted molar refractivity (Wildman–Crippen MR) is 82.1 cm³/mol. The Hall–Kier alpha value is -2.25. The summed E-state index contributed by atoms with van der Waals surface area (Å²) < 4.78 is 7.83. The van der Waals surface area contributed by atoms with Crippen LogP contribution in [0.2, 0.25) is 0 Å². The summed E-state index contributed by atoms with van der Waals surface area (Å²) in [5, 5.41) is 8.67. The number of hydrogen-bond donors (Lipinski definition) is 1. The maximum atomic E-state index is 8.67. The number of aliphatic hydroxyl groups is 1. The molecule has 110 valence electrons. The SMILES string of the molecule is CCc1nccn1CCOc1ccc(C#CCCO)cc1. The molecule has 1 aromatic carbocycles. The highest BCUT2D eigenvalue weighted by atomic mass is 16.5. The van der Waals surface area contributed by atoms with Gasteiger partial charge < -0.3 is 14.4 Å². The lowest BCUT2D eigenvalue weighted by molar-refractivity contribution is 0.296. The minimum atomic E-state index is 0.0994. The van der Waals surface area contributed by atoms with Crippen LogP contribution in [0.15, 0.2) is 36.7 Å². The molecule has 0 unspecified atom stereocenters. The molecule has 1 aromatic heterocycles. The van der Waals surface area contributed by atoms with Crippen molar-refractivity contribution in [2.24, 2.45) is 0 Å². The van der Waals surface area contributed by atoms with Crippen molar-refractivity contribution >= 4 is 0 Å². The molecule has 0 aliphatic heterocycles. The van der Waals surface area contributed by atoms with Gasteiger partial charge in [-0.15, -0.1) is 0 Å². The Balaban J connectivity index is 1.83. The smallest absolute Gasteiger partial charge is 0.119 e. The minimum absolute atomic E-state index is 0.0994. The van der Waals surface area contributed by atoms with E-state index in [1.165, 1.54) is 0 Å². The highest BCUT2D eigenvalue weighted by Gasteiger charge is 2.00. The van der Waals surface area contributed by atoms with Gasteiger partial charge in [-0.1, -0.05) is 18.8 Å². The summed E-state index contributed by atoms with van der Waals surface area (Å²) in [5.74, 6) is 7.79. The summed E-state index contributed by atoms with van der Waals surface area (Å²) in [6.45, 7) is 3.60. The van der Waals surface area contributed by atoms with Crippen LogP contribution in [0.3, 0.4) is 0 Å². The third-order valence-electron chi connectivity index (χ3n) is 3.04. The van der Waals surface area contributed by atoms with E-state index in [0.29, 0.717) is 13.0 Å². The summed E-state index contributed by atoms with van der Waals surface area (Å²) in [4.78, 5) is 4.28. The first-order valence-electron chi connectivity index (χ1n) is 7.16. The van der Waals surface area contributed by atoms with E-state index < -0.39 is 0 Å². The standard InChI is InChI=1S/C17H20N2O2/c1-2-17-18-10-11-19(17)12-14-21-16-8-6-15(7-9-16)5-3-4-13-20/h6-11,20H,2,4,12-14H2,1H3. The average Bonchev–Trinajstić information content (AvgIpc) is 2.97. The molecule has 0 aliphatic carbocycles. The molecule has 0 saturated carbocycles. The molecule has 0 aliphatic rings. The summed E-state index contributed by atoms with van der Waals surface area (Å²) in [7, 11) is 0. The van der Waals surface area contributed by atoms with Gasteiger partial charge in [0, 0.05) is 30.8 Å². The van der Waals surface area contributed by atoms with Gasteiger partial charge in [0.15, 0.2) is 0 Å². The van der Waals surface area contributed by atoms with Gasteiger partial charge in [-0.25, -0.2) is 4.98 Å². The molecule has 2 aromatic rings. The third-order valence-corrected chi connectivity index (χ3v) is 3.04. The molecule has 0 saturated heterocycles. The number of rotatable bonds is 6. The average molecular weight is 284 g/mol. The Labute approximate surface area is 125 Å². The van der Waals surface area contributed by atoms with Gasteiger partial charge in [0.2, 0.25) is 0 Å². The number of aryl methyl sites for hydroxylation is 1. The van der Waals surface area contributed by atoms with Gasteiger partial charge in [-0.3, -0.25) is 0 Å². The van der Waals surface area contributed by atoms with Crippen LogP contribution < -0.4 is 4.74 Å². The molecule has 21 heavy (non-hydrogen) atoms. The van der Waals surface area contributed by atoms with Crippen molar-refractivity contribution in [3.63, 3.8) is 0 Å². The lowest BCUT2D eigenvalue weighted by Gasteiger charge is -2.08. The number of ether oxygens (including phenoxy) is 1. The van der Waals surface area contributed by atoms with Crippen molar-refractivity contribution < 1.29 is 9.84 Å². The van der Waals surface area contributed by atoms with Crippen molar-refractivity contribution in [3.8, 4) is 17.6 Å². The van der Waals surface area contributed by atoms with Crippen molar-refractivity contribution in [2.45, 2.75) is 26.3 Å². The third kappa shape index (κ3) is 4.66. The Morgan fingerprint density at radius 1 is 1.29 bits per heavy atom. The van der Waals surface area contributed by atoms with Crippen LogP contribution in [0.4, 0.5) is 0 Å². The normalized spacial score (nSPS) is 10.0. The zero-order valence-electron chi connectivity index (χ0n) is 12.2. The maximum Gasteiger partial charge on any atom is 0.119 e. The fraction of sp³-hybridized carbons (Fsp3) is 0.353. The fourth-order valence-electron chi connectivity index (χ4n) is 1.97. The first-order chi connectivity index (χ1) is 10.3. The summed E-state index contributed by atoms with van der Waals surface area (Å²) in [6.07, 6.45) is 5.22. The second kappa shape index (κ2) is 8.13. The van der Waals surface area contributed by atoms with E-state index in [-0.39, 0.29) is 6.61 Å². The van der Waals surface area contributed by atoms with Crippen molar-refractivity contribution in [2.75, 3.05) is 13.2 Å². The van der Waals surface area contributed by atoms with Gasteiger partial charge in [-0.05, 0) is 24.3 Å². The van der Waals surface area contributed by atoms with Crippen LogP contribution in [-0.2, 0) is 13.0 Å². The zero-order chi connectivity index (χ0) is 14.9. The van der Waals surface area contributed by atoms with Gasteiger partial charge in [-0.2, -0.15) is 0 Å². The molecule has 0 bridgehead atoms. The van der Waals surface area contributed by atoms with Crippen molar-refractivity contribution in [1.82, 2.24) is 9.55 Å². The van der Waals surface area contributed by atoms with E-state index >= 15 is 0 Å². The van der Waals surface area contributed by atoms with Crippen LogP contribution in [-0.4, -0.2) is 27.9 Å². The summed E-state index contributed by atoms with van der Waals surface area (Å²) in [5.41, 5.74) is 0.929. The van der Waals surface area contributed by atoms with Crippen LogP contribution in [0.1, 0.15) is 24.7 Å². The second-order valence-corrected chi connectivity index (χ2v) is 4.54. The monoisotopic (exact) mass is 284 g/mol. The van der Waals surface area contributed by atoms with Gasteiger partial charge >= 0.3 is 0 Å². The highest BCUT2D eigenvalue weighted by molar-refractivity contribution is 5.38. The molecule has 2 rings (SSSR count). The lowest BCUT2D eigenvalue weighted by Crippen LogP contribution is -2.10. The van der Waals surface area contributed by atoms with E-state index in [4.69, 9.17) is 9.84 Å². The van der Waals surface area contributed by atoms with Crippen LogP contribution >= 0.6 is 0 Å². The van der Waals surface area contributed by atoms with E-state index in [9.17, 15) is 0 Å². The molecule has 0 atom stereocenters. The first-order valence-corrected chi connectivity index (χ1v) is 7.16. The highest BCUT2D eigenvalue weighted by Crippen LogP contribution is 2.11. The number of aliphatic hydroxyl groups excluding tert-OH is 1. The molecular weight excluding hydrogens is 264 g/mol. The molecule has 0 radical (unpaired) electrons. The number of nitrogens with zero attached hydrogens (tertiary/aromatic N) is 2. The van der Waals surface area contributed by atoms with E-state index in [1.807, 2.05) is 36.7 Å². The van der Waals surface area contributed by atoms with E-state index in [1.54, 1.807) is 0 Å². The minimum Gasteiger partial charge on any atom is -0.492 e. The molecule has 4 heteroatoms. The first kappa shape index (κ1) is 15.1. The van der Waals surface area contributed by atoms with Crippen LogP contribution in [0.25, 0.3) is 0 Å². The molecular formula is C17H20N2O2. The molecule has 0 amide bonds. The number of hydrogen-bond acceptors (Lipinski definition) is 3. The number of imidazole rings is 1. The molecule has 4 nitrogen and oxygen atoms in total. The Morgan fingerprint density at radius 3 is 2.81 bits per heavy atom. The summed E-state index contributed by atoms with van der Waals surface area (Å²) in [6, 6.07) is 7.68. The topological polar surface area (TPSA) is 47.3 Å². The summed E-state index contributed by atoms with van der Waals surface area (Å²) >= 11 is 0. The maximum absolute atomic E-state index is 8.67. The Morgan fingerprint density at radius 2 is 2.10 bits per heavy atom. The number of aromatic nitrogens is 2. The lowest BCUT2D eigenvalue weighted by atomic mass is 10.2. The van der Waals surface area contributed by atoms with E-state index in [2.05, 4.69) is 28.3 Å². The van der Waals surface area contributed by atoms with Crippen LogP contribution in [0, 0.1) is 11.8 Å². The molecule has 1 N–H and O–H groups in total. The van der Waals surface area contributed by atoms with Crippen LogP contribution in [0.5, 0.6) is 5.75 Å². The largest absolute Gasteiger partial charge is 0.492 e. The van der Waals surface area contributed by atoms with E-state index in [0.717, 1.165) is 30.1 Å². The van der Waals surface area contributed by atoms with Gasteiger partial charge in [0.05, 0.1) is 13.2 Å². The Bertz CT molecular complexity index is 606. The van der Waals surface area contributed by atoms with Crippen molar-refractivity contribution in [3.05, 3.63) is 48.0 Å². The second-order valence-electron chi connectivity index (χ2n) is 4.54. The fourth-order valence-corrected chi connectivity index (χ4v) is 1.97.